The predicted octanol–water partition coefficient (Wildman–Crippen LogP) is 2.59. The van der Waals surface area contributed by atoms with E-state index in [0.29, 0.717) is 5.11 Å². The van der Waals surface area contributed by atoms with Crippen molar-refractivity contribution in [3.63, 3.8) is 0 Å². The number of nitrogens with one attached hydrogen (secondary N) is 2. The molecule has 3 nitrogen and oxygen atoms in total. The first-order valence-corrected chi connectivity index (χ1v) is 6.16. The maximum atomic E-state index is 5.04. The minimum atomic E-state index is 0.618. The van der Waals surface area contributed by atoms with Crippen LogP contribution in [0.4, 0.5) is 5.69 Å². The zero-order valence-corrected chi connectivity index (χ0v) is 11.0. The molecule has 18 heavy (non-hydrogen) atoms. The molecule has 2 aromatic rings. The molecule has 0 fully saturated rings. The van der Waals surface area contributed by atoms with E-state index in [4.69, 9.17) is 12.2 Å². The van der Waals surface area contributed by atoms with Crippen LogP contribution in [-0.2, 0) is 6.42 Å². The van der Waals surface area contributed by atoms with E-state index in [1.54, 1.807) is 7.05 Å². The van der Waals surface area contributed by atoms with E-state index in [2.05, 4.69) is 27.8 Å². The van der Waals surface area contributed by atoms with Gasteiger partial charge in [-0.25, -0.2) is 0 Å². The van der Waals surface area contributed by atoms with Gasteiger partial charge < -0.3 is 10.6 Å². The number of nitrogens with zero attached hydrogens (tertiary/aromatic N) is 1. The molecule has 0 atom stereocenters. The summed E-state index contributed by atoms with van der Waals surface area (Å²) in [6.07, 6.45) is 2.66. The molecular weight excluding hydrogens is 242 g/mol. The molecule has 0 aliphatic rings. The molecule has 0 radical (unpaired) electrons. The molecule has 4 heteroatoms. The van der Waals surface area contributed by atoms with E-state index in [1.165, 1.54) is 5.56 Å². The fraction of sp³-hybridized carbons (Fsp3) is 0.143. The Kier molecular flexibility index (Phi) is 4.25. The van der Waals surface area contributed by atoms with Gasteiger partial charge in [0.1, 0.15) is 0 Å². The zero-order valence-electron chi connectivity index (χ0n) is 10.2. The number of benzene rings is 1. The Morgan fingerprint density at radius 1 is 1.17 bits per heavy atom. The van der Waals surface area contributed by atoms with E-state index in [0.717, 1.165) is 17.8 Å². The Morgan fingerprint density at radius 3 is 2.56 bits per heavy atom. The molecule has 1 aromatic carbocycles. The van der Waals surface area contributed by atoms with E-state index < -0.39 is 0 Å². The molecule has 1 aromatic heterocycles. The molecular formula is C14H15N3S. The number of aromatic nitrogens is 1. The SMILES string of the molecule is CNC(=S)Nc1ccc(Cc2ccccn2)cc1. The van der Waals surface area contributed by atoms with Crippen LogP contribution in [0.3, 0.4) is 0 Å². The monoisotopic (exact) mass is 257 g/mol. The molecule has 2 N–H and O–H groups in total. The summed E-state index contributed by atoms with van der Waals surface area (Å²) in [4.78, 5) is 4.31. The average molecular weight is 257 g/mol. The van der Waals surface area contributed by atoms with Crippen molar-refractivity contribution < 1.29 is 0 Å². The Labute approximate surface area is 112 Å². The third kappa shape index (κ3) is 3.53. The van der Waals surface area contributed by atoms with Crippen molar-refractivity contribution in [2.45, 2.75) is 6.42 Å². The maximum Gasteiger partial charge on any atom is 0.170 e. The van der Waals surface area contributed by atoms with Crippen molar-refractivity contribution >= 4 is 23.0 Å². The lowest BCUT2D eigenvalue weighted by atomic mass is 10.1. The second-order valence-electron chi connectivity index (χ2n) is 3.90. The Balaban J connectivity index is 2.02. The van der Waals surface area contributed by atoms with Crippen LogP contribution in [0.1, 0.15) is 11.3 Å². The third-order valence-electron chi connectivity index (χ3n) is 2.55. The lowest BCUT2D eigenvalue weighted by molar-refractivity contribution is 1.07. The van der Waals surface area contributed by atoms with Crippen LogP contribution in [-0.4, -0.2) is 17.1 Å². The molecule has 1 heterocycles. The molecule has 0 aliphatic heterocycles. The van der Waals surface area contributed by atoms with Gasteiger partial charge in [0.15, 0.2) is 5.11 Å². The number of pyridine rings is 1. The predicted molar refractivity (Wildman–Crippen MR) is 78.8 cm³/mol. The summed E-state index contributed by atoms with van der Waals surface area (Å²) in [5.74, 6) is 0. The quantitative estimate of drug-likeness (QED) is 0.829. The van der Waals surface area contributed by atoms with Gasteiger partial charge in [-0.3, -0.25) is 4.98 Å². The molecule has 0 unspecified atom stereocenters. The van der Waals surface area contributed by atoms with Gasteiger partial charge >= 0.3 is 0 Å². The van der Waals surface area contributed by atoms with Crippen LogP contribution < -0.4 is 10.6 Å². The minimum Gasteiger partial charge on any atom is -0.366 e. The van der Waals surface area contributed by atoms with Gasteiger partial charge in [0.25, 0.3) is 0 Å². The summed E-state index contributed by atoms with van der Waals surface area (Å²) in [6.45, 7) is 0. The van der Waals surface area contributed by atoms with Gasteiger partial charge in [-0.05, 0) is 42.0 Å². The van der Waals surface area contributed by atoms with E-state index in [-0.39, 0.29) is 0 Å². The fourth-order valence-electron chi connectivity index (χ4n) is 1.61. The summed E-state index contributed by atoms with van der Waals surface area (Å²) in [5.41, 5.74) is 3.29. The highest BCUT2D eigenvalue weighted by Gasteiger charge is 1.98. The van der Waals surface area contributed by atoms with Gasteiger partial charge in [-0.1, -0.05) is 18.2 Å². The highest BCUT2D eigenvalue weighted by atomic mass is 32.1. The van der Waals surface area contributed by atoms with Gasteiger partial charge in [-0.15, -0.1) is 0 Å². The molecule has 0 amide bonds. The van der Waals surface area contributed by atoms with Crippen LogP contribution in [0.5, 0.6) is 0 Å². The minimum absolute atomic E-state index is 0.618. The largest absolute Gasteiger partial charge is 0.366 e. The van der Waals surface area contributed by atoms with Crippen molar-refractivity contribution in [2.75, 3.05) is 12.4 Å². The number of hydrogen-bond acceptors (Lipinski definition) is 2. The first-order chi connectivity index (χ1) is 8.78. The summed E-state index contributed by atoms with van der Waals surface area (Å²) in [6, 6.07) is 14.1. The Hall–Kier alpha value is -1.94. The van der Waals surface area contributed by atoms with E-state index >= 15 is 0 Å². The number of thiocarbonyl (C=S) groups is 1. The van der Waals surface area contributed by atoms with Gasteiger partial charge in [0.05, 0.1) is 0 Å². The summed E-state index contributed by atoms with van der Waals surface area (Å²) >= 11 is 5.04. The van der Waals surface area contributed by atoms with Gasteiger partial charge in [-0.2, -0.15) is 0 Å². The first kappa shape index (κ1) is 12.5. The normalized spacial score (nSPS) is 9.83. The second-order valence-corrected chi connectivity index (χ2v) is 4.31. The van der Waals surface area contributed by atoms with Crippen LogP contribution in [0.15, 0.2) is 48.7 Å². The summed E-state index contributed by atoms with van der Waals surface area (Å²) < 4.78 is 0. The maximum absolute atomic E-state index is 5.04. The van der Waals surface area contributed by atoms with E-state index in [9.17, 15) is 0 Å². The first-order valence-electron chi connectivity index (χ1n) is 5.75. The fourth-order valence-corrected chi connectivity index (χ4v) is 1.73. The Morgan fingerprint density at radius 2 is 1.94 bits per heavy atom. The highest BCUT2D eigenvalue weighted by molar-refractivity contribution is 7.80. The smallest absolute Gasteiger partial charge is 0.170 e. The second kappa shape index (κ2) is 6.12. The van der Waals surface area contributed by atoms with Crippen LogP contribution >= 0.6 is 12.2 Å². The summed E-state index contributed by atoms with van der Waals surface area (Å²) in [5, 5.41) is 6.58. The molecule has 0 saturated carbocycles. The highest BCUT2D eigenvalue weighted by Crippen LogP contribution is 2.12. The standard InChI is InChI=1S/C14H15N3S/c1-15-14(18)17-12-7-5-11(6-8-12)10-13-4-2-3-9-16-13/h2-9H,10H2,1H3,(H2,15,17,18). The molecule has 0 spiro atoms. The average Bonchev–Trinajstić information content (AvgIpc) is 2.42. The van der Waals surface area contributed by atoms with Crippen molar-refractivity contribution in [3.05, 3.63) is 59.9 Å². The van der Waals surface area contributed by atoms with Crippen molar-refractivity contribution in [3.8, 4) is 0 Å². The molecule has 2 rings (SSSR count). The van der Waals surface area contributed by atoms with Crippen molar-refractivity contribution in [1.82, 2.24) is 10.3 Å². The topological polar surface area (TPSA) is 37.0 Å². The van der Waals surface area contributed by atoms with Crippen LogP contribution in [0, 0.1) is 0 Å². The Bertz CT molecular complexity index is 508. The lowest BCUT2D eigenvalue weighted by Gasteiger charge is -2.07. The van der Waals surface area contributed by atoms with Crippen molar-refractivity contribution in [2.24, 2.45) is 0 Å². The summed E-state index contributed by atoms with van der Waals surface area (Å²) in [7, 11) is 1.80. The molecule has 0 saturated heterocycles. The van der Waals surface area contributed by atoms with E-state index in [1.807, 2.05) is 36.5 Å². The van der Waals surface area contributed by atoms with Gasteiger partial charge in [0.2, 0.25) is 0 Å². The van der Waals surface area contributed by atoms with Crippen LogP contribution in [0.2, 0.25) is 0 Å². The number of rotatable bonds is 3. The van der Waals surface area contributed by atoms with Gasteiger partial charge in [0, 0.05) is 31.0 Å². The molecule has 0 aliphatic carbocycles. The van der Waals surface area contributed by atoms with Crippen LogP contribution in [0.25, 0.3) is 0 Å². The lowest BCUT2D eigenvalue weighted by Crippen LogP contribution is -2.23. The third-order valence-corrected chi connectivity index (χ3v) is 2.86. The zero-order chi connectivity index (χ0) is 12.8. The molecule has 0 bridgehead atoms. The molecule has 92 valence electrons. The number of anilines is 1. The number of hydrogen-bond donors (Lipinski definition) is 2. The van der Waals surface area contributed by atoms with Crippen molar-refractivity contribution in [1.29, 1.82) is 0 Å².